The second kappa shape index (κ2) is 7.66. The molecule has 1 heterocycles. The van der Waals surface area contributed by atoms with Crippen LogP contribution in [0.25, 0.3) is 0 Å². The summed E-state index contributed by atoms with van der Waals surface area (Å²) in [5, 5.41) is 0. The number of hydrogen-bond donors (Lipinski definition) is 0. The van der Waals surface area contributed by atoms with Gasteiger partial charge in [-0.25, -0.2) is 8.42 Å². The summed E-state index contributed by atoms with van der Waals surface area (Å²) in [5.74, 6) is 0.878. The molecule has 1 aliphatic rings. The molecule has 1 aromatic rings. The number of likely N-dealkylation sites (N-methyl/N-ethyl adjacent to an activating group) is 1. The van der Waals surface area contributed by atoms with E-state index in [1.807, 2.05) is 35.9 Å². The zero-order chi connectivity index (χ0) is 17.9. The van der Waals surface area contributed by atoms with E-state index in [2.05, 4.69) is 6.92 Å². The topological polar surface area (TPSA) is 57.7 Å². The maximum atomic E-state index is 12.4. The number of amides is 1. The van der Waals surface area contributed by atoms with Crippen molar-refractivity contribution in [2.75, 3.05) is 32.9 Å². The number of sulfone groups is 1. The lowest BCUT2D eigenvalue weighted by Gasteiger charge is -2.33. The van der Waals surface area contributed by atoms with Crippen LogP contribution >= 0.6 is 0 Å². The lowest BCUT2D eigenvalue weighted by molar-refractivity contribution is -0.133. The largest absolute Gasteiger partial charge is 0.342 e. The molecule has 0 radical (unpaired) electrons. The first-order valence-electron chi connectivity index (χ1n) is 8.46. The third-order valence-corrected chi connectivity index (χ3v) is 6.10. The van der Waals surface area contributed by atoms with Crippen LogP contribution in [0.2, 0.25) is 0 Å². The highest BCUT2D eigenvalue weighted by atomic mass is 32.2. The van der Waals surface area contributed by atoms with Crippen LogP contribution in [0.4, 0.5) is 0 Å². The molecule has 1 saturated heterocycles. The van der Waals surface area contributed by atoms with Gasteiger partial charge in [0.05, 0.1) is 11.4 Å². The van der Waals surface area contributed by atoms with E-state index in [4.69, 9.17) is 0 Å². The minimum atomic E-state index is -3.18. The molecule has 0 aromatic heterocycles. The van der Waals surface area contributed by atoms with Gasteiger partial charge in [0.15, 0.2) is 9.84 Å². The van der Waals surface area contributed by atoms with Crippen LogP contribution in [0.3, 0.4) is 0 Å². The fourth-order valence-electron chi connectivity index (χ4n) is 2.96. The quantitative estimate of drug-likeness (QED) is 0.816. The van der Waals surface area contributed by atoms with Gasteiger partial charge in [-0.3, -0.25) is 9.69 Å². The van der Waals surface area contributed by atoms with Gasteiger partial charge in [-0.1, -0.05) is 19.1 Å². The number of likely N-dealkylation sites (tertiary alicyclic amines) is 1. The van der Waals surface area contributed by atoms with E-state index in [0.29, 0.717) is 17.4 Å². The van der Waals surface area contributed by atoms with Crippen LogP contribution in [-0.4, -0.2) is 57.1 Å². The van der Waals surface area contributed by atoms with Gasteiger partial charge in [0.2, 0.25) is 5.91 Å². The summed E-state index contributed by atoms with van der Waals surface area (Å²) >= 11 is 0. The fraction of sp³-hybridized carbons (Fsp3) is 0.611. The number of benzene rings is 1. The average Bonchev–Trinajstić information content (AvgIpc) is 2.54. The minimum Gasteiger partial charge on any atom is -0.342 e. The number of carbonyl (C=O) groups is 1. The van der Waals surface area contributed by atoms with Gasteiger partial charge in [-0.15, -0.1) is 0 Å². The van der Waals surface area contributed by atoms with Crippen LogP contribution in [0, 0.1) is 5.92 Å². The number of hydrogen-bond acceptors (Lipinski definition) is 4. The summed E-state index contributed by atoms with van der Waals surface area (Å²) in [6.45, 7) is 6.34. The Morgan fingerprint density at radius 1 is 1.25 bits per heavy atom. The molecule has 0 N–H and O–H groups in total. The standard InChI is InChI=1S/C18H28N2O3S/c1-14-9-11-20(12-10-14)18(21)13-19(3)15(2)16-5-7-17(8-6-16)24(4,22)23/h5-8,14-15H,9-13H2,1-4H3. The number of piperidine rings is 1. The third kappa shape index (κ3) is 4.80. The van der Waals surface area contributed by atoms with E-state index in [9.17, 15) is 13.2 Å². The van der Waals surface area contributed by atoms with Gasteiger partial charge in [-0.05, 0) is 50.4 Å². The summed E-state index contributed by atoms with van der Waals surface area (Å²) in [6, 6.07) is 6.95. The summed E-state index contributed by atoms with van der Waals surface area (Å²) in [7, 11) is -1.25. The molecule has 6 heteroatoms. The molecule has 1 amide bonds. The van der Waals surface area contributed by atoms with Crippen molar-refractivity contribution in [3.05, 3.63) is 29.8 Å². The molecule has 1 aromatic carbocycles. The highest BCUT2D eigenvalue weighted by molar-refractivity contribution is 7.90. The maximum Gasteiger partial charge on any atom is 0.236 e. The highest BCUT2D eigenvalue weighted by Crippen LogP contribution is 2.21. The van der Waals surface area contributed by atoms with E-state index in [1.165, 1.54) is 6.26 Å². The van der Waals surface area contributed by atoms with Crippen LogP contribution in [0.1, 0.15) is 38.3 Å². The predicted octanol–water partition coefficient (Wildman–Crippen LogP) is 2.34. The molecule has 1 aliphatic heterocycles. The van der Waals surface area contributed by atoms with Crippen molar-refractivity contribution in [2.24, 2.45) is 5.92 Å². The molecular formula is C18H28N2O3S. The van der Waals surface area contributed by atoms with E-state index in [-0.39, 0.29) is 11.9 Å². The molecule has 134 valence electrons. The number of carbonyl (C=O) groups excluding carboxylic acids is 1. The van der Waals surface area contributed by atoms with Crippen molar-refractivity contribution in [3.8, 4) is 0 Å². The Labute approximate surface area is 145 Å². The normalized spacial score (nSPS) is 18.0. The molecule has 1 atom stereocenters. The molecule has 0 spiro atoms. The molecule has 2 rings (SSSR count). The Balaban J connectivity index is 1.96. The monoisotopic (exact) mass is 352 g/mol. The Morgan fingerprint density at radius 3 is 2.29 bits per heavy atom. The van der Waals surface area contributed by atoms with Crippen molar-refractivity contribution in [2.45, 2.75) is 37.6 Å². The van der Waals surface area contributed by atoms with Gasteiger partial charge < -0.3 is 4.90 Å². The van der Waals surface area contributed by atoms with E-state index < -0.39 is 9.84 Å². The maximum absolute atomic E-state index is 12.4. The molecule has 0 bridgehead atoms. The Hall–Kier alpha value is -1.40. The fourth-order valence-corrected chi connectivity index (χ4v) is 3.59. The SMILES string of the molecule is CC1CCN(C(=O)CN(C)C(C)c2ccc(S(C)(=O)=O)cc2)CC1. The van der Waals surface area contributed by atoms with E-state index in [1.54, 1.807) is 12.1 Å². The van der Waals surface area contributed by atoms with E-state index in [0.717, 1.165) is 31.5 Å². The minimum absolute atomic E-state index is 0.0475. The molecule has 1 fully saturated rings. The molecule has 0 saturated carbocycles. The summed E-state index contributed by atoms with van der Waals surface area (Å²) in [6.07, 6.45) is 3.37. The summed E-state index contributed by atoms with van der Waals surface area (Å²) in [5.41, 5.74) is 1.00. The lowest BCUT2D eigenvalue weighted by atomic mass is 9.99. The highest BCUT2D eigenvalue weighted by Gasteiger charge is 2.23. The van der Waals surface area contributed by atoms with E-state index >= 15 is 0 Å². The number of rotatable bonds is 5. The first kappa shape index (κ1) is 18.9. The van der Waals surface area contributed by atoms with Gasteiger partial charge in [0.1, 0.15) is 0 Å². The Bertz CT molecular complexity index is 662. The van der Waals surface area contributed by atoms with Gasteiger partial charge in [0.25, 0.3) is 0 Å². The van der Waals surface area contributed by atoms with Crippen molar-refractivity contribution in [3.63, 3.8) is 0 Å². The van der Waals surface area contributed by atoms with Gasteiger partial charge >= 0.3 is 0 Å². The average molecular weight is 353 g/mol. The van der Waals surface area contributed by atoms with Gasteiger partial charge in [0, 0.05) is 25.4 Å². The molecular weight excluding hydrogens is 324 g/mol. The van der Waals surface area contributed by atoms with Gasteiger partial charge in [-0.2, -0.15) is 0 Å². The molecule has 1 unspecified atom stereocenters. The first-order chi connectivity index (χ1) is 11.2. The van der Waals surface area contributed by atoms with Crippen molar-refractivity contribution < 1.29 is 13.2 Å². The first-order valence-corrected chi connectivity index (χ1v) is 10.4. The zero-order valence-corrected chi connectivity index (χ0v) is 15.8. The smallest absolute Gasteiger partial charge is 0.236 e. The molecule has 5 nitrogen and oxygen atoms in total. The second-order valence-corrected chi connectivity index (χ2v) is 9.01. The van der Waals surface area contributed by atoms with Crippen LogP contribution in [0.15, 0.2) is 29.2 Å². The van der Waals surface area contributed by atoms with Crippen molar-refractivity contribution in [1.82, 2.24) is 9.80 Å². The van der Waals surface area contributed by atoms with Crippen molar-refractivity contribution >= 4 is 15.7 Å². The van der Waals surface area contributed by atoms with Crippen molar-refractivity contribution in [1.29, 1.82) is 0 Å². The molecule has 24 heavy (non-hydrogen) atoms. The summed E-state index contributed by atoms with van der Waals surface area (Å²) < 4.78 is 23.1. The predicted molar refractivity (Wildman–Crippen MR) is 95.6 cm³/mol. The number of nitrogens with zero attached hydrogens (tertiary/aromatic N) is 2. The van der Waals surface area contributed by atoms with Crippen LogP contribution in [0.5, 0.6) is 0 Å². The van der Waals surface area contributed by atoms with Crippen LogP contribution < -0.4 is 0 Å². The third-order valence-electron chi connectivity index (χ3n) is 4.97. The lowest BCUT2D eigenvalue weighted by Crippen LogP contribution is -2.43. The second-order valence-electron chi connectivity index (χ2n) is 7.00. The Morgan fingerprint density at radius 2 is 1.79 bits per heavy atom. The summed E-state index contributed by atoms with van der Waals surface area (Å²) in [4.78, 5) is 16.7. The zero-order valence-electron chi connectivity index (χ0n) is 15.0. The van der Waals surface area contributed by atoms with Crippen LogP contribution in [-0.2, 0) is 14.6 Å². The Kier molecular flexibility index (Phi) is 6.04. The molecule has 0 aliphatic carbocycles.